The second kappa shape index (κ2) is 8.11. The van der Waals surface area contributed by atoms with Gasteiger partial charge >= 0.3 is 0 Å². The van der Waals surface area contributed by atoms with Crippen LogP contribution in [0.15, 0.2) is 36.4 Å². The van der Waals surface area contributed by atoms with Crippen LogP contribution < -0.4 is 10.1 Å². The first kappa shape index (κ1) is 17.5. The lowest BCUT2D eigenvalue weighted by Crippen LogP contribution is -2.10. The number of benzene rings is 2. The minimum atomic E-state index is 0.530. The van der Waals surface area contributed by atoms with Gasteiger partial charge in [0.05, 0.1) is 4.99 Å². The molecule has 122 valence electrons. The Balaban J connectivity index is 2.16. The Morgan fingerprint density at radius 1 is 1.09 bits per heavy atom. The normalized spacial score (nSPS) is 10.4. The summed E-state index contributed by atoms with van der Waals surface area (Å²) in [6, 6.07) is 12.7. The summed E-state index contributed by atoms with van der Waals surface area (Å²) in [5.74, 6) is 0.938. The van der Waals surface area contributed by atoms with E-state index in [2.05, 4.69) is 69.4 Å². The quantitative estimate of drug-likeness (QED) is 0.698. The van der Waals surface area contributed by atoms with Gasteiger partial charge in [0.15, 0.2) is 0 Å². The summed E-state index contributed by atoms with van der Waals surface area (Å²) < 4.78 is 6.05. The second-order valence-corrected chi connectivity index (χ2v) is 6.30. The predicted octanol–water partition coefficient (Wildman–Crippen LogP) is 5.59. The molecule has 0 heterocycles. The van der Waals surface area contributed by atoms with Gasteiger partial charge in [-0.05, 0) is 49.9 Å². The number of hydrogen-bond donors (Lipinski definition) is 1. The molecule has 0 unspecified atom stereocenters. The van der Waals surface area contributed by atoms with Gasteiger partial charge in [0, 0.05) is 11.3 Å². The van der Waals surface area contributed by atoms with E-state index in [4.69, 9.17) is 17.0 Å². The van der Waals surface area contributed by atoms with Gasteiger partial charge in [-0.15, -0.1) is 0 Å². The Hall–Kier alpha value is -1.87. The van der Waals surface area contributed by atoms with Gasteiger partial charge in [0.25, 0.3) is 0 Å². The van der Waals surface area contributed by atoms with Crippen molar-refractivity contribution in [2.75, 3.05) is 5.32 Å². The SMILES string of the molecule is CCC(=S)Nc1ccc(C)cc1COc1ccc(CC)cc1C. The Labute approximate surface area is 144 Å². The maximum atomic E-state index is 6.05. The molecule has 0 aliphatic carbocycles. The summed E-state index contributed by atoms with van der Waals surface area (Å²) in [6.45, 7) is 8.93. The topological polar surface area (TPSA) is 21.3 Å². The van der Waals surface area contributed by atoms with Crippen molar-refractivity contribution in [1.82, 2.24) is 0 Å². The van der Waals surface area contributed by atoms with Gasteiger partial charge in [0.1, 0.15) is 12.4 Å². The lowest BCUT2D eigenvalue weighted by atomic mass is 10.1. The zero-order valence-corrected chi connectivity index (χ0v) is 15.2. The number of rotatable bonds is 6. The van der Waals surface area contributed by atoms with Gasteiger partial charge in [-0.3, -0.25) is 0 Å². The number of aryl methyl sites for hydroxylation is 3. The van der Waals surface area contributed by atoms with Gasteiger partial charge in [0.2, 0.25) is 0 Å². The van der Waals surface area contributed by atoms with E-state index < -0.39 is 0 Å². The third-order valence-electron chi connectivity index (χ3n) is 3.89. The van der Waals surface area contributed by atoms with Crippen LogP contribution in [-0.2, 0) is 13.0 Å². The fourth-order valence-corrected chi connectivity index (χ4v) is 2.56. The standard InChI is InChI=1S/C20H25NOS/c1-5-16-8-10-19(15(4)12-16)22-13-17-11-14(3)7-9-18(17)21-20(23)6-2/h7-12H,5-6,13H2,1-4H3,(H,21,23). The third-order valence-corrected chi connectivity index (χ3v) is 4.28. The summed E-state index contributed by atoms with van der Waals surface area (Å²) >= 11 is 5.30. The van der Waals surface area contributed by atoms with Crippen molar-refractivity contribution in [3.05, 3.63) is 58.7 Å². The average molecular weight is 327 g/mol. The molecule has 23 heavy (non-hydrogen) atoms. The highest BCUT2D eigenvalue weighted by Crippen LogP contribution is 2.24. The Bertz CT molecular complexity index is 694. The summed E-state index contributed by atoms with van der Waals surface area (Å²) in [7, 11) is 0. The van der Waals surface area contributed by atoms with Crippen LogP contribution >= 0.6 is 12.2 Å². The van der Waals surface area contributed by atoms with E-state index in [1.807, 2.05) is 0 Å². The van der Waals surface area contributed by atoms with Crippen molar-refractivity contribution in [2.45, 2.75) is 47.1 Å². The minimum absolute atomic E-state index is 0.530. The summed E-state index contributed by atoms with van der Waals surface area (Å²) in [6.07, 6.45) is 1.88. The van der Waals surface area contributed by atoms with E-state index in [1.165, 1.54) is 16.7 Å². The average Bonchev–Trinajstić information content (AvgIpc) is 2.55. The van der Waals surface area contributed by atoms with Crippen molar-refractivity contribution in [2.24, 2.45) is 0 Å². The Morgan fingerprint density at radius 2 is 1.87 bits per heavy atom. The molecule has 2 rings (SSSR count). The molecule has 0 bridgehead atoms. The molecule has 0 saturated heterocycles. The molecule has 0 fully saturated rings. The molecule has 3 heteroatoms. The van der Waals surface area contributed by atoms with Crippen molar-refractivity contribution < 1.29 is 4.74 Å². The molecule has 2 nitrogen and oxygen atoms in total. The van der Waals surface area contributed by atoms with Crippen LogP contribution in [-0.4, -0.2) is 4.99 Å². The highest BCUT2D eigenvalue weighted by molar-refractivity contribution is 7.80. The lowest BCUT2D eigenvalue weighted by molar-refractivity contribution is 0.304. The van der Waals surface area contributed by atoms with Gasteiger partial charge < -0.3 is 10.1 Å². The Kier molecular flexibility index (Phi) is 6.17. The lowest BCUT2D eigenvalue weighted by Gasteiger charge is -2.15. The molecule has 2 aromatic rings. The van der Waals surface area contributed by atoms with E-state index in [0.29, 0.717) is 6.61 Å². The van der Waals surface area contributed by atoms with Gasteiger partial charge in [-0.25, -0.2) is 0 Å². The van der Waals surface area contributed by atoms with Crippen LogP contribution in [0.1, 0.15) is 42.5 Å². The first-order valence-corrected chi connectivity index (χ1v) is 8.56. The fraction of sp³-hybridized carbons (Fsp3) is 0.350. The smallest absolute Gasteiger partial charge is 0.122 e. The largest absolute Gasteiger partial charge is 0.489 e. The van der Waals surface area contributed by atoms with Crippen molar-refractivity contribution in [3.63, 3.8) is 0 Å². The number of nitrogens with one attached hydrogen (secondary N) is 1. The predicted molar refractivity (Wildman–Crippen MR) is 103 cm³/mol. The van der Waals surface area contributed by atoms with Crippen molar-refractivity contribution in [1.29, 1.82) is 0 Å². The van der Waals surface area contributed by atoms with Gasteiger partial charge in [-0.2, -0.15) is 0 Å². The second-order valence-electron chi connectivity index (χ2n) is 5.80. The van der Waals surface area contributed by atoms with Crippen molar-refractivity contribution in [3.8, 4) is 5.75 Å². The van der Waals surface area contributed by atoms with E-state index in [1.54, 1.807) is 0 Å². The molecule has 0 radical (unpaired) electrons. The molecule has 1 N–H and O–H groups in total. The molecule has 0 atom stereocenters. The zero-order valence-electron chi connectivity index (χ0n) is 14.4. The molecule has 0 aromatic heterocycles. The monoisotopic (exact) mass is 327 g/mol. The first-order valence-electron chi connectivity index (χ1n) is 8.15. The summed E-state index contributed by atoms with van der Waals surface area (Å²) in [4.78, 5) is 0.846. The maximum Gasteiger partial charge on any atom is 0.122 e. The molecule has 0 amide bonds. The molecule has 2 aromatic carbocycles. The fourth-order valence-electron chi connectivity index (χ4n) is 2.45. The summed E-state index contributed by atoms with van der Waals surface area (Å²) in [5, 5.41) is 3.31. The molecule has 0 saturated carbocycles. The van der Waals surface area contributed by atoms with Crippen LogP contribution in [0.3, 0.4) is 0 Å². The zero-order chi connectivity index (χ0) is 16.8. The van der Waals surface area contributed by atoms with Crippen LogP contribution in [0.4, 0.5) is 5.69 Å². The molecular formula is C20H25NOS. The summed E-state index contributed by atoms with van der Waals surface area (Å²) in [5.41, 5.74) is 5.89. The number of anilines is 1. The van der Waals surface area contributed by atoms with Crippen LogP contribution in [0.5, 0.6) is 5.75 Å². The third kappa shape index (κ3) is 4.80. The number of thiocarbonyl (C=S) groups is 1. The molecule has 0 spiro atoms. The van der Waals surface area contributed by atoms with Gasteiger partial charge in [-0.1, -0.05) is 55.9 Å². The molecular weight excluding hydrogens is 302 g/mol. The van der Waals surface area contributed by atoms with Crippen molar-refractivity contribution >= 4 is 22.9 Å². The van der Waals surface area contributed by atoms with Crippen LogP contribution in [0.25, 0.3) is 0 Å². The maximum absolute atomic E-state index is 6.05. The highest BCUT2D eigenvalue weighted by Gasteiger charge is 2.07. The number of ether oxygens (including phenoxy) is 1. The molecule has 0 aliphatic rings. The van der Waals surface area contributed by atoms with E-state index in [0.717, 1.165) is 34.8 Å². The minimum Gasteiger partial charge on any atom is -0.489 e. The first-order chi connectivity index (χ1) is 11.0. The Morgan fingerprint density at radius 3 is 2.52 bits per heavy atom. The van der Waals surface area contributed by atoms with E-state index >= 15 is 0 Å². The number of hydrogen-bond acceptors (Lipinski definition) is 2. The highest BCUT2D eigenvalue weighted by atomic mass is 32.1. The van der Waals surface area contributed by atoms with E-state index in [-0.39, 0.29) is 0 Å². The van der Waals surface area contributed by atoms with E-state index in [9.17, 15) is 0 Å². The van der Waals surface area contributed by atoms with Crippen LogP contribution in [0, 0.1) is 13.8 Å². The van der Waals surface area contributed by atoms with Crippen LogP contribution in [0.2, 0.25) is 0 Å². The molecule has 0 aliphatic heterocycles.